The number of benzene rings is 1. The number of hydrogen-bond donors (Lipinski definition) is 0. The molecule has 1 aliphatic rings. The number of nitro benzene ring substituents is 1. The summed E-state index contributed by atoms with van der Waals surface area (Å²) >= 11 is 5.03. The van der Waals surface area contributed by atoms with Crippen LogP contribution >= 0.6 is 12.2 Å². The molecule has 26 heavy (non-hydrogen) atoms. The van der Waals surface area contributed by atoms with Crippen molar-refractivity contribution < 1.29 is 18.9 Å². The van der Waals surface area contributed by atoms with Gasteiger partial charge in [0.05, 0.1) is 4.92 Å². The van der Waals surface area contributed by atoms with Crippen LogP contribution in [0, 0.1) is 10.1 Å². The van der Waals surface area contributed by atoms with E-state index in [-0.39, 0.29) is 16.4 Å². The minimum atomic E-state index is -0.508. The summed E-state index contributed by atoms with van der Waals surface area (Å²) in [5.41, 5.74) is 0.549. The summed E-state index contributed by atoms with van der Waals surface area (Å²) in [4.78, 5) is 37.2. The molecule has 3 rings (SSSR count). The second kappa shape index (κ2) is 6.52. The summed E-state index contributed by atoms with van der Waals surface area (Å²) in [6.07, 6.45) is 1.36. The molecule has 2 aromatic rings. The van der Waals surface area contributed by atoms with Crippen LogP contribution in [0.3, 0.4) is 0 Å². The summed E-state index contributed by atoms with van der Waals surface area (Å²) in [7, 11) is 2.98. The highest BCUT2D eigenvalue weighted by Crippen LogP contribution is 2.26. The maximum atomic E-state index is 12.3. The zero-order valence-electron chi connectivity index (χ0n) is 13.8. The van der Waals surface area contributed by atoms with Crippen LogP contribution in [0.25, 0.3) is 17.4 Å². The molecule has 0 saturated carbocycles. The molecule has 0 N–H and O–H groups in total. The largest absolute Gasteiger partial charge is 0.457 e. The Bertz CT molecular complexity index is 935. The third kappa shape index (κ3) is 3.00. The molecule has 132 valence electrons. The second-order valence-electron chi connectivity index (χ2n) is 5.57. The number of amides is 2. The van der Waals surface area contributed by atoms with Crippen LogP contribution < -0.4 is 0 Å². The third-order valence-corrected chi connectivity index (χ3v) is 4.47. The molecular weight excluding hydrogens is 358 g/mol. The standard InChI is InChI=1S/C17H13N3O5S/c1-18-15(21)13(16(22)19(2)17(18)26)9-12-7-8-14(25-12)10-3-5-11(6-4-10)20(23)24/h3-9H,1-2H3. The summed E-state index contributed by atoms with van der Waals surface area (Å²) in [5.74, 6) is -0.248. The van der Waals surface area contributed by atoms with Gasteiger partial charge in [0.25, 0.3) is 17.5 Å². The predicted molar refractivity (Wildman–Crippen MR) is 96.9 cm³/mol. The van der Waals surface area contributed by atoms with Gasteiger partial charge in [-0.2, -0.15) is 0 Å². The first-order valence-corrected chi connectivity index (χ1v) is 7.87. The quantitative estimate of drug-likeness (QED) is 0.270. The SMILES string of the molecule is CN1C(=O)C(=Cc2ccc(-c3ccc([N+](=O)[O-])cc3)o2)C(=O)N(C)C1=S. The number of nitrogens with zero attached hydrogens (tertiary/aromatic N) is 3. The van der Waals surface area contributed by atoms with Crippen LogP contribution in [0.1, 0.15) is 5.76 Å². The molecule has 0 atom stereocenters. The Morgan fingerprint density at radius 1 is 1.04 bits per heavy atom. The highest BCUT2D eigenvalue weighted by atomic mass is 32.1. The van der Waals surface area contributed by atoms with Crippen LogP contribution in [-0.2, 0) is 9.59 Å². The van der Waals surface area contributed by atoms with Gasteiger partial charge in [0.1, 0.15) is 17.1 Å². The van der Waals surface area contributed by atoms with E-state index in [1.165, 1.54) is 42.1 Å². The maximum Gasteiger partial charge on any atom is 0.269 e. The van der Waals surface area contributed by atoms with Gasteiger partial charge in [0.2, 0.25) is 0 Å². The third-order valence-electron chi connectivity index (χ3n) is 3.92. The number of nitro groups is 1. The van der Waals surface area contributed by atoms with E-state index in [1.54, 1.807) is 24.3 Å². The average Bonchev–Trinajstić information content (AvgIpc) is 3.10. The van der Waals surface area contributed by atoms with Crippen molar-refractivity contribution in [2.75, 3.05) is 14.1 Å². The molecule has 1 aromatic heterocycles. The summed E-state index contributed by atoms with van der Waals surface area (Å²) in [6, 6.07) is 9.13. The lowest BCUT2D eigenvalue weighted by atomic mass is 10.1. The fourth-order valence-corrected chi connectivity index (χ4v) is 2.62. The van der Waals surface area contributed by atoms with Crippen molar-refractivity contribution in [3.63, 3.8) is 0 Å². The molecule has 0 unspecified atom stereocenters. The van der Waals surface area contributed by atoms with Crippen molar-refractivity contribution in [2.45, 2.75) is 0 Å². The monoisotopic (exact) mass is 371 g/mol. The summed E-state index contributed by atoms with van der Waals surface area (Å²) in [5, 5.41) is 10.8. The number of hydrogen-bond acceptors (Lipinski definition) is 6. The molecule has 0 bridgehead atoms. The first-order chi connectivity index (χ1) is 12.3. The Morgan fingerprint density at radius 2 is 1.62 bits per heavy atom. The van der Waals surface area contributed by atoms with Gasteiger partial charge in [-0.05, 0) is 42.6 Å². The number of thiocarbonyl (C=S) groups is 1. The molecule has 1 fully saturated rings. The van der Waals surface area contributed by atoms with E-state index in [0.717, 1.165) is 0 Å². The molecule has 0 radical (unpaired) electrons. The summed E-state index contributed by atoms with van der Waals surface area (Å²) < 4.78 is 5.65. The van der Waals surface area contributed by atoms with E-state index in [2.05, 4.69) is 0 Å². The number of likely N-dealkylation sites (N-methyl/N-ethyl adjacent to an activating group) is 2. The van der Waals surface area contributed by atoms with Gasteiger partial charge in [-0.15, -0.1) is 0 Å². The predicted octanol–water partition coefficient (Wildman–Crippen LogP) is 2.45. The Labute approximate surface area is 153 Å². The lowest BCUT2D eigenvalue weighted by Gasteiger charge is -2.31. The topological polar surface area (TPSA) is 96.9 Å². The van der Waals surface area contributed by atoms with Gasteiger partial charge < -0.3 is 4.42 Å². The van der Waals surface area contributed by atoms with Crippen molar-refractivity contribution in [2.24, 2.45) is 0 Å². The molecule has 0 spiro atoms. The molecular formula is C17H13N3O5S. The molecule has 8 nitrogen and oxygen atoms in total. The van der Waals surface area contributed by atoms with E-state index in [0.29, 0.717) is 17.1 Å². The van der Waals surface area contributed by atoms with E-state index >= 15 is 0 Å². The van der Waals surface area contributed by atoms with Gasteiger partial charge >= 0.3 is 0 Å². The van der Waals surface area contributed by atoms with Crippen molar-refractivity contribution in [3.8, 4) is 11.3 Å². The summed E-state index contributed by atoms with van der Waals surface area (Å²) in [6.45, 7) is 0. The molecule has 1 saturated heterocycles. The molecule has 1 aromatic carbocycles. The van der Waals surface area contributed by atoms with Crippen molar-refractivity contribution in [1.82, 2.24) is 9.80 Å². The number of carbonyl (C=O) groups excluding carboxylic acids is 2. The molecule has 2 amide bonds. The highest BCUT2D eigenvalue weighted by molar-refractivity contribution is 7.80. The fraction of sp³-hybridized carbons (Fsp3) is 0.118. The zero-order valence-corrected chi connectivity index (χ0v) is 14.6. The van der Waals surface area contributed by atoms with Crippen LogP contribution in [0.5, 0.6) is 0 Å². The average molecular weight is 371 g/mol. The molecule has 2 heterocycles. The number of carbonyl (C=O) groups is 2. The van der Waals surface area contributed by atoms with Crippen LogP contribution in [0.15, 0.2) is 46.4 Å². The first kappa shape index (κ1) is 17.5. The second-order valence-corrected chi connectivity index (χ2v) is 5.94. The Hall–Kier alpha value is -3.33. The van der Waals surface area contributed by atoms with E-state index < -0.39 is 16.7 Å². The lowest BCUT2D eigenvalue weighted by molar-refractivity contribution is -0.384. The normalized spacial score (nSPS) is 14.8. The molecule has 0 aliphatic carbocycles. The zero-order chi connectivity index (χ0) is 19.0. The Balaban J connectivity index is 1.91. The van der Waals surface area contributed by atoms with Gasteiger partial charge in [-0.3, -0.25) is 29.5 Å². The maximum absolute atomic E-state index is 12.3. The van der Waals surface area contributed by atoms with E-state index in [9.17, 15) is 19.7 Å². The minimum absolute atomic E-state index is 0.0249. The Morgan fingerprint density at radius 3 is 2.15 bits per heavy atom. The van der Waals surface area contributed by atoms with E-state index in [4.69, 9.17) is 16.6 Å². The van der Waals surface area contributed by atoms with Crippen LogP contribution in [0.2, 0.25) is 0 Å². The number of furan rings is 1. The van der Waals surface area contributed by atoms with Gasteiger partial charge in [-0.25, -0.2) is 0 Å². The Kier molecular flexibility index (Phi) is 4.39. The van der Waals surface area contributed by atoms with Gasteiger partial charge in [-0.1, -0.05) is 0 Å². The highest BCUT2D eigenvalue weighted by Gasteiger charge is 2.35. The van der Waals surface area contributed by atoms with Crippen molar-refractivity contribution >= 4 is 40.9 Å². The first-order valence-electron chi connectivity index (χ1n) is 7.46. The minimum Gasteiger partial charge on any atom is -0.457 e. The number of non-ortho nitro benzene ring substituents is 1. The lowest BCUT2D eigenvalue weighted by Crippen LogP contribution is -2.52. The molecule has 1 aliphatic heterocycles. The number of rotatable bonds is 3. The fourth-order valence-electron chi connectivity index (χ4n) is 2.45. The molecule has 9 heteroatoms. The van der Waals surface area contributed by atoms with Gasteiger partial charge in [0, 0.05) is 31.8 Å². The van der Waals surface area contributed by atoms with Gasteiger partial charge in [0.15, 0.2) is 5.11 Å². The van der Waals surface area contributed by atoms with E-state index in [1.807, 2.05) is 0 Å². The van der Waals surface area contributed by atoms with Crippen molar-refractivity contribution in [1.29, 1.82) is 0 Å². The van der Waals surface area contributed by atoms with Crippen LogP contribution in [-0.4, -0.2) is 45.7 Å². The smallest absolute Gasteiger partial charge is 0.269 e. The van der Waals surface area contributed by atoms with Crippen molar-refractivity contribution in [3.05, 3.63) is 57.8 Å². The van der Waals surface area contributed by atoms with Crippen LogP contribution in [0.4, 0.5) is 5.69 Å².